The zero-order chi connectivity index (χ0) is 11.3. The second kappa shape index (κ2) is 5.92. The van der Waals surface area contributed by atoms with Crippen LogP contribution in [0.2, 0.25) is 0 Å². The molecule has 0 aromatic rings. The molecule has 1 aliphatic rings. The Morgan fingerprint density at radius 1 is 1.67 bits per heavy atom. The molecule has 2 unspecified atom stereocenters. The number of ether oxygens (including phenoxy) is 1. The van der Waals surface area contributed by atoms with E-state index in [2.05, 4.69) is 5.32 Å². The van der Waals surface area contributed by atoms with Crippen molar-refractivity contribution in [3.8, 4) is 0 Å². The quantitative estimate of drug-likeness (QED) is 0.704. The van der Waals surface area contributed by atoms with Gasteiger partial charge in [0, 0.05) is 32.8 Å². The summed E-state index contributed by atoms with van der Waals surface area (Å²) >= 11 is 0. The average molecular weight is 215 g/mol. The first-order valence-electron chi connectivity index (χ1n) is 5.50. The molecular weight excluding hydrogens is 194 g/mol. The van der Waals surface area contributed by atoms with Crippen molar-refractivity contribution in [3.05, 3.63) is 0 Å². The molecule has 0 radical (unpaired) electrons. The summed E-state index contributed by atoms with van der Waals surface area (Å²) in [6, 6.07) is 0.0951. The summed E-state index contributed by atoms with van der Waals surface area (Å²) in [5, 5.41) is 2.80. The molecule has 1 heterocycles. The number of nitrogens with one attached hydrogen (secondary N) is 1. The number of hydrogen-bond acceptors (Lipinski definition) is 3. The molecule has 0 aromatic heterocycles. The number of nitrogens with zero attached hydrogens (tertiary/aromatic N) is 1. The third-order valence-corrected chi connectivity index (χ3v) is 2.86. The maximum Gasteiger partial charge on any atom is 0.317 e. The number of carbonyl (C=O) groups is 1. The first-order valence-corrected chi connectivity index (χ1v) is 5.50. The Labute approximate surface area is 90.9 Å². The van der Waals surface area contributed by atoms with Crippen molar-refractivity contribution in [1.82, 2.24) is 10.2 Å². The molecule has 0 aliphatic carbocycles. The van der Waals surface area contributed by atoms with Crippen LogP contribution in [0.5, 0.6) is 0 Å². The zero-order valence-electron chi connectivity index (χ0n) is 9.53. The minimum atomic E-state index is -0.0116. The predicted octanol–water partition coefficient (Wildman–Crippen LogP) is 0.154. The summed E-state index contributed by atoms with van der Waals surface area (Å²) in [6.45, 7) is 3.79. The fraction of sp³-hybridized carbons (Fsp3) is 0.900. The number of methoxy groups -OCH3 is 1. The Bertz CT molecular complexity index is 211. The fourth-order valence-corrected chi connectivity index (χ4v) is 1.97. The van der Waals surface area contributed by atoms with Crippen LogP contribution in [0.4, 0.5) is 4.79 Å². The number of amides is 2. The molecule has 3 N–H and O–H groups in total. The van der Waals surface area contributed by atoms with Crippen LogP contribution in [0, 0.1) is 0 Å². The van der Waals surface area contributed by atoms with Gasteiger partial charge >= 0.3 is 6.03 Å². The lowest BCUT2D eigenvalue weighted by Gasteiger charge is -2.38. The summed E-state index contributed by atoms with van der Waals surface area (Å²) < 4.78 is 5.30. The van der Waals surface area contributed by atoms with Gasteiger partial charge in [0.15, 0.2) is 0 Å². The average Bonchev–Trinajstić information content (AvgIpc) is 2.28. The predicted molar refractivity (Wildman–Crippen MR) is 58.7 cm³/mol. The second-order valence-corrected chi connectivity index (χ2v) is 3.80. The lowest BCUT2D eigenvalue weighted by Crippen LogP contribution is -2.54. The molecule has 0 bridgehead atoms. The van der Waals surface area contributed by atoms with Crippen LogP contribution in [-0.4, -0.2) is 49.8 Å². The number of carbonyl (C=O) groups excluding carboxylic acids is 1. The van der Waals surface area contributed by atoms with Gasteiger partial charge in [-0.05, 0) is 19.8 Å². The topological polar surface area (TPSA) is 67.6 Å². The largest absolute Gasteiger partial charge is 0.381 e. The number of nitrogens with two attached hydrogens (primary N) is 1. The molecule has 2 atom stereocenters. The smallest absolute Gasteiger partial charge is 0.317 e. The monoisotopic (exact) mass is 215 g/mol. The van der Waals surface area contributed by atoms with E-state index in [4.69, 9.17) is 10.5 Å². The van der Waals surface area contributed by atoms with Crippen LogP contribution in [0.15, 0.2) is 0 Å². The van der Waals surface area contributed by atoms with Gasteiger partial charge in [0.1, 0.15) is 0 Å². The van der Waals surface area contributed by atoms with Crippen molar-refractivity contribution in [2.75, 3.05) is 26.7 Å². The minimum absolute atomic E-state index is 0.0116. The fourth-order valence-electron chi connectivity index (χ4n) is 1.97. The van der Waals surface area contributed by atoms with Gasteiger partial charge in [-0.25, -0.2) is 4.79 Å². The number of urea groups is 1. The van der Waals surface area contributed by atoms with E-state index in [0.717, 1.165) is 19.4 Å². The molecule has 0 aromatic carbocycles. The van der Waals surface area contributed by atoms with E-state index in [1.165, 1.54) is 0 Å². The molecule has 1 fully saturated rings. The van der Waals surface area contributed by atoms with Gasteiger partial charge in [0.05, 0.1) is 6.10 Å². The highest BCUT2D eigenvalue weighted by molar-refractivity contribution is 5.74. The molecule has 1 aliphatic heterocycles. The molecule has 1 saturated heterocycles. The molecule has 5 nitrogen and oxygen atoms in total. The van der Waals surface area contributed by atoms with Crippen molar-refractivity contribution in [2.24, 2.45) is 5.73 Å². The molecule has 2 amide bonds. The maximum absolute atomic E-state index is 11.7. The van der Waals surface area contributed by atoms with E-state index in [1.807, 2.05) is 11.8 Å². The maximum atomic E-state index is 11.7. The van der Waals surface area contributed by atoms with Crippen molar-refractivity contribution >= 4 is 6.03 Å². The summed E-state index contributed by atoms with van der Waals surface area (Å²) in [5.41, 5.74) is 5.67. The van der Waals surface area contributed by atoms with Gasteiger partial charge < -0.3 is 20.7 Å². The lowest BCUT2D eigenvalue weighted by atomic mass is 10.00. The van der Waals surface area contributed by atoms with Crippen LogP contribution < -0.4 is 11.1 Å². The third-order valence-electron chi connectivity index (χ3n) is 2.86. The highest BCUT2D eigenvalue weighted by Gasteiger charge is 2.30. The first kappa shape index (κ1) is 12.3. The van der Waals surface area contributed by atoms with E-state index >= 15 is 0 Å². The van der Waals surface area contributed by atoms with Crippen LogP contribution in [0.1, 0.15) is 19.8 Å². The number of likely N-dealkylation sites (tertiary alicyclic amines) is 1. The molecule has 15 heavy (non-hydrogen) atoms. The van der Waals surface area contributed by atoms with Crippen LogP contribution in [0.3, 0.4) is 0 Å². The SMILES string of the molecule is CCNC(=O)N1CCC(OC)CC1CN. The molecule has 88 valence electrons. The number of rotatable bonds is 3. The first-order chi connectivity index (χ1) is 7.22. The van der Waals surface area contributed by atoms with Gasteiger partial charge in [0.2, 0.25) is 0 Å². The van der Waals surface area contributed by atoms with Gasteiger partial charge in [-0.3, -0.25) is 0 Å². The van der Waals surface area contributed by atoms with E-state index < -0.39 is 0 Å². The normalized spacial score (nSPS) is 26.5. The molecule has 1 rings (SSSR count). The van der Waals surface area contributed by atoms with Gasteiger partial charge in [-0.1, -0.05) is 0 Å². The Kier molecular flexibility index (Phi) is 4.84. The Hall–Kier alpha value is -0.810. The van der Waals surface area contributed by atoms with Crippen molar-refractivity contribution in [3.63, 3.8) is 0 Å². The van der Waals surface area contributed by atoms with Crippen LogP contribution >= 0.6 is 0 Å². The number of hydrogen-bond donors (Lipinski definition) is 2. The summed E-state index contributed by atoms with van der Waals surface area (Å²) in [5.74, 6) is 0. The van der Waals surface area contributed by atoms with Crippen LogP contribution in [0.25, 0.3) is 0 Å². The Morgan fingerprint density at radius 2 is 2.40 bits per heavy atom. The van der Waals surface area contributed by atoms with Crippen molar-refractivity contribution in [1.29, 1.82) is 0 Å². The second-order valence-electron chi connectivity index (χ2n) is 3.80. The number of piperidine rings is 1. The molecule has 0 spiro atoms. The Balaban J connectivity index is 2.53. The standard InChI is InChI=1S/C10H21N3O2/c1-3-12-10(14)13-5-4-9(15-2)6-8(13)7-11/h8-9H,3-7,11H2,1-2H3,(H,12,14). The van der Waals surface area contributed by atoms with E-state index in [0.29, 0.717) is 13.1 Å². The zero-order valence-corrected chi connectivity index (χ0v) is 9.53. The minimum Gasteiger partial charge on any atom is -0.381 e. The third kappa shape index (κ3) is 3.07. The molecular formula is C10H21N3O2. The highest BCUT2D eigenvalue weighted by atomic mass is 16.5. The Morgan fingerprint density at radius 3 is 2.93 bits per heavy atom. The van der Waals surface area contributed by atoms with Gasteiger partial charge in [-0.2, -0.15) is 0 Å². The summed E-state index contributed by atoms with van der Waals surface area (Å²) in [7, 11) is 1.71. The van der Waals surface area contributed by atoms with Crippen LogP contribution in [-0.2, 0) is 4.74 Å². The van der Waals surface area contributed by atoms with Crippen molar-refractivity contribution in [2.45, 2.75) is 31.9 Å². The summed E-state index contributed by atoms with van der Waals surface area (Å²) in [6.07, 6.45) is 1.97. The lowest BCUT2D eigenvalue weighted by molar-refractivity contribution is 0.0271. The van der Waals surface area contributed by atoms with E-state index in [1.54, 1.807) is 7.11 Å². The molecule has 0 saturated carbocycles. The molecule has 5 heteroatoms. The van der Waals surface area contributed by atoms with E-state index in [9.17, 15) is 4.79 Å². The van der Waals surface area contributed by atoms with E-state index in [-0.39, 0.29) is 18.2 Å². The van der Waals surface area contributed by atoms with Gasteiger partial charge in [0.25, 0.3) is 0 Å². The van der Waals surface area contributed by atoms with Gasteiger partial charge in [-0.15, -0.1) is 0 Å². The highest BCUT2D eigenvalue weighted by Crippen LogP contribution is 2.18. The van der Waals surface area contributed by atoms with Crippen molar-refractivity contribution < 1.29 is 9.53 Å². The summed E-state index contributed by atoms with van der Waals surface area (Å²) in [4.78, 5) is 13.5.